The lowest BCUT2D eigenvalue weighted by Gasteiger charge is -2.25. The van der Waals surface area contributed by atoms with Crippen LogP contribution in [0.5, 0.6) is 0 Å². The number of hydrogen-bond acceptors (Lipinski definition) is 7. The van der Waals surface area contributed by atoms with E-state index in [2.05, 4.69) is 32.9 Å². The summed E-state index contributed by atoms with van der Waals surface area (Å²) >= 11 is 0. The van der Waals surface area contributed by atoms with E-state index in [1.54, 1.807) is 30.1 Å². The molecule has 5 aromatic heterocycles. The number of esters is 1. The number of carbonyl (C=O) groups is 1. The third kappa shape index (κ3) is 5.30. The Morgan fingerprint density at radius 2 is 2.08 bits per heavy atom. The minimum atomic E-state index is -0.735. The number of halogens is 1. The number of fused-ring (bicyclic) bond motifs is 1. The van der Waals surface area contributed by atoms with E-state index in [1.807, 2.05) is 22.9 Å². The van der Waals surface area contributed by atoms with Crippen molar-refractivity contribution >= 4 is 11.6 Å². The standard InChI is InChI=1S/C28H29FN8O2/c1-2-39-28(38)27-24(29)8-9-37(27)23-10-21(13-31-14-23)25-18-36(34-33-25)17-22-16-35-15-20(6-7-26(35)32-22)12-30-11-19-4-3-5-19/h6-10,13-16,18-19,30H,2-5,11-12,17H2,1H3. The van der Waals surface area contributed by atoms with Gasteiger partial charge in [-0.05, 0) is 56.0 Å². The highest BCUT2D eigenvalue weighted by Crippen LogP contribution is 2.25. The Balaban J connectivity index is 1.16. The zero-order valence-electron chi connectivity index (χ0n) is 21.6. The van der Waals surface area contributed by atoms with Crippen LogP contribution in [0.4, 0.5) is 4.39 Å². The highest BCUT2D eigenvalue weighted by molar-refractivity contribution is 5.89. The van der Waals surface area contributed by atoms with Gasteiger partial charge in [0.1, 0.15) is 11.3 Å². The molecule has 0 aliphatic heterocycles. The number of pyridine rings is 2. The Labute approximate surface area is 224 Å². The molecule has 5 aromatic rings. The second kappa shape index (κ2) is 10.8. The van der Waals surface area contributed by atoms with E-state index in [1.165, 1.54) is 41.7 Å². The highest BCUT2D eigenvalue weighted by atomic mass is 19.1. The normalized spacial score (nSPS) is 13.6. The monoisotopic (exact) mass is 528 g/mol. The minimum Gasteiger partial charge on any atom is -0.461 e. The summed E-state index contributed by atoms with van der Waals surface area (Å²) in [6.45, 7) is 4.20. The average Bonchev–Trinajstić information content (AvgIpc) is 3.64. The first-order chi connectivity index (χ1) is 19.1. The van der Waals surface area contributed by atoms with Crippen LogP contribution in [0, 0.1) is 11.7 Å². The summed E-state index contributed by atoms with van der Waals surface area (Å²) in [6.07, 6.45) is 14.6. The minimum absolute atomic E-state index is 0.149. The Morgan fingerprint density at radius 3 is 2.90 bits per heavy atom. The number of aromatic nitrogens is 7. The van der Waals surface area contributed by atoms with Crippen LogP contribution in [-0.4, -0.2) is 53.1 Å². The summed E-state index contributed by atoms with van der Waals surface area (Å²) in [6, 6.07) is 7.13. The molecule has 0 aromatic carbocycles. The van der Waals surface area contributed by atoms with Crippen molar-refractivity contribution in [2.24, 2.45) is 5.92 Å². The molecule has 1 saturated carbocycles. The van der Waals surface area contributed by atoms with Crippen LogP contribution in [0.3, 0.4) is 0 Å². The van der Waals surface area contributed by atoms with Crippen LogP contribution >= 0.6 is 0 Å². The molecule has 0 atom stereocenters. The van der Waals surface area contributed by atoms with Gasteiger partial charge >= 0.3 is 5.97 Å². The molecular formula is C28H29FN8O2. The average molecular weight is 529 g/mol. The van der Waals surface area contributed by atoms with E-state index in [0.717, 1.165) is 30.3 Å². The molecule has 1 N–H and O–H groups in total. The van der Waals surface area contributed by atoms with Gasteiger partial charge in [0.05, 0.1) is 36.9 Å². The fraction of sp³-hybridized carbons (Fsp3) is 0.321. The van der Waals surface area contributed by atoms with Crippen molar-refractivity contribution in [3.05, 3.63) is 84.2 Å². The fourth-order valence-electron chi connectivity index (χ4n) is 4.78. The summed E-state index contributed by atoms with van der Waals surface area (Å²) in [5, 5.41) is 12.1. The van der Waals surface area contributed by atoms with Gasteiger partial charge in [-0.3, -0.25) is 4.98 Å². The molecule has 1 aliphatic rings. The molecule has 10 nitrogen and oxygen atoms in total. The molecule has 39 heavy (non-hydrogen) atoms. The van der Waals surface area contributed by atoms with E-state index < -0.39 is 11.8 Å². The molecule has 0 radical (unpaired) electrons. The van der Waals surface area contributed by atoms with Gasteiger partial charge in [-0.1, -0.05) is 17.7 Å². The number of rotatable bonds is 10. The quantitative estimate of drug-likeness (QED) is 0.273. The zero-order valence-corrected chi connectivity index (χ0v) is 21.6. The summed E-state index contributed by atoms with van der Waals surface area (Å²) in [4.78, 5) is 21.3. The number of carbonyl (C=O) groups excluding carboxylic acids is 1. The lowest BCUT2D eigenvalue weighted by atomic mass is 9.85. The molecule has 0 saturated heterocycles. The third-order valence-electron chi connectivity index (χ3n) is 7.02. The molecule has 200 valence electrons. The number of nitrogens with zero attached hydrogens (tertiary/aromatic N) is 7. The molecule has 0 spiro atoms. The summed E-state index contributed by atoms with van der Waals surface area (Å²) in [5.74, 6) is -0.562. The molecule has 0 bridgehead atoms. The largest absolute Gasteiger partial charge is 0.461 e. The third-order valence-corrected chi connectivity index (χ3v) is 7.02. The maximum absolute atomic E-state index is 14.3. The predicted octanol–water partition coefficient (Wildman–Crippen LogP) is 4.03. The Hall–Kier alpha value is -4.38. The van der Waals surface area contributed by atoms with Gasteiger partial charge in [0, 0.05) is 36.9 Å². The van der Waals surface area contributed by atoms with Gasteiger partial charge in [-0.25, -0.2) is 18.9 Å². The van der Waals surface area contributed by atoms with E-state index in [9.17, 15) is 9.18 Å². The van der Waals surface area contributed by atoms with Crippen molar-refractivity contribution in [3.8, 4) is 16.9 Å². The van der Waals surface area contributed by atoms with Crippen LogP contribution in [0.2, 0.25) is 0 Å². The number of ether oxygens (including phenoxy) is 1. The topological polar surface area (TPSA) is 104 Å². The van der Waals surface area contributed by atoms with Crippen LogP contribution in [0.1, 0.15) is 47.9 Å². The lowest BCUT2D eigenvalue weighted by molar-refractivity contribution is 0.0511. The molecule has 1 aliphatic carbocycles. The van der Waals surface area contributed by atoms with Crippen molar-refractivity contribution in [2.45, 2.75) is 39.3 Å². The first kappa shape index (κ1) is 24.9. The van der Waals surface area contributed by atoms with Gasteiger partial charge in [-0.15, -0.1) is 5.10 Å². The predicted molar refractivity (Wildman–Crippen MR) is 142 cm³/mol. The second-order valence-corrected chi connectivity index (χ2v) is 9.80. The van der Waals surface area contributed by atoms with Crippen molar-refractivity contribution in [2.75, 3.05) is 13.2 Å². The Kier molecular flexibility index (Phi) is 6.89. The smallest absolute Gasteiger partial charge is 0.358 e. The van der Waals surface area contributed by atoms with E-state index in [0.29, 0.717) is 23.5 Å². The second-order valence-electron chi connectivity index (χ2n) is 9.80. The van der Waals surface area contributed by atoms with Crippen LogP contribution in [-0.2, 0) is 17.8 Å². The first-order valence-corrected chi connectivity index (χ1v) is 13.1. The van der Waals surface area contributed by atoms with Gasteiger partial charge in [0.2, 0.25) is 0 Å². The van der Waals surface area contributed by atoms with Crippen LogP contribution in [0.15, 0.2) is 61.4 Å². The van der Waals surface area contributed by atoms with E-state index >= 15 is 0 Å². The summed E-state index contributed by atoms with van der Waals surface area (Å²) < 4.78 is 24.5. The summed E-state index contributed by atoms with van der Waals surface area (Å²) in [5.41, 5.74) is 4.56. The molecular weight excluding hydrogens is 499 g/mol. The molecule has 0 amide bonds. The van der Waals surface area contributed by atoms with Crippen molar-refractivity contribution in [1.82, 2.24) is 39.2 Å². The molecule has 5 heterocycles. The SMILES string of the molecule is CCOC(=O)c1c(F)ccn1-c1cncc(-c2cn(Cc3cn4cc(CNCC5CCC5)ccc4n3)nn2)c1. The maximum atomic E-state index is 14.3. The van der Waals surface area contributed by atoms with Crippen molar-refractivity contribution in [1.29, 1.82) is 0 Å². The highest BCUT2D eigenvalue weighted by Gasteiger charge is 2.20. The summed E-state index contributed by atoms with van der Waals surface area (Å²) in [7, 11) is 0. The van der Waals surface area contributed by atoms with Gasteiger partial charge < -0.3 is 19.0 Å². The maximum Gasteiger partial charge on any atom is 0.358 e. The molecule has 1 fully saturated rings. The van der Waals surface area contributed by atoms with Crippen LogP contribution in [0.25, 0.3) is 22.6 Å². The Morgan fingerprint density at radius 1 is 1.18 bits per heavy atom. The first-order valence-electron chi connectivity index (χ1n) is 13.1. The van der Waals surface area contributed by atoms with Gasteiger partial charge in [-0.2, -0.15) is 0 Å². The number of hydrogen-bond donors (Lipinski definition) is 1. The van der Waals surface area contributed by atoms with Crippen LogP contribution < -0.4 is 5.32 Å². The fourth-order valence-corrected chi connectivity index (χ4v) is 4.78. The van der Waals surface area contributed by atoms with Crippen molar-refractivity contribution < 1.29 is 13.9 Å². The molecule has 11 heteroatoms. The molecule has 0 unspecified atom stereocenters. The number of nitrogens with one attached hydrogen (secondary N) is 1. The Bertz CT molecular complexity index is 1620. The van der Waals surface area contributed by atoms with E-state index in [4.69, 9.17) is 9.72 Å². The molecule has 6 rings (SSSR count). The van der Waals surface area contributed by atoms with Crippen molar-refractivity contribution in [3.63, 3.8) is 0 Å². The number of imidazole rings is 1. The zero-order chi connectivity index (χ0) is 26.8. The van der Waals surface area contributed by atoms with E-state index in [-0.39, 0.29) is 12.3 Å². The van der Waals surface area contributed by atoms with Gasteiger partial charge in [0.15, 0.2) is 11.5 Å². The van der Waals surface area contributed by atoms with Gasteiger partial charge in [0.25, 0.3) is 0 Å². The lowest BCUT2D eigenvalue weighted by Crippen LogP contribution is -2.26.